The number of benzene rings is 1. The van der Waals surface area contributed by atoms with E-state index in [9.17, 15) is 9.59 Å². The van der Waals surface area contributed by atoms with Crippen molar-refractivity contribution in [2.75, 3.05) is 12.4 Å². The predicted octanol–water partition coefficient (Wildman–Crippen LogP) is 2.39. The maximum absolute atomic E-state index is 12.6. The summed E-state index contributed by atoms with van der Waals surface area (Å²) < 4.78 is 14.1. The van der Waals surface area contributed by atoms with Crippen LogP contribution in [-0.2, 0) is 30.9 Å². The summed E-state index contributed by atoms with van der Waals surface area (Å²) in [6.45, 7) is 0.858. The topological polar surface area (TPSA) is 100 Å². The van der Waals surface area contributed by atoms with Crippen LogP contribution >= 0.6 is 0 Å². The Morgan fingerprint density at radius 3 is 2.77 bits per heavy atom. The molecule has 0 spiro atoms. The first-order valence-corrected chi connectivity index (χ1v) is 10.3. The second-order valence-corrected chi connectivity index (χ2v) is 7.38. The summed E-state index contributed by atoms with van der Waals surface area (Å²) in [5.74, 6) is 1.48. The molecule has 0 unspecified atom stereocenters. The third-order valence-electron chi connectivity index (χ3n) is 5.17. The van der Waals surface area contributed by atoms with Gasteiger partial charge in [0.1, 0.15) is 19.0 Å². The molecule has 1 amide bonds. The molecule has 1 N–H and O–H groups in total. The van der Waals surface area contributed by atoms with Gasteiger partial charge in [0, 0.05) is 37.1 Å². The van der Waals surface area contributed by atoms with E-state index in [0.29, 0.717) is 30.3 Å². The Hall–Kier alpha value is -3.62. The van der Waals surface area contributed by atoms with E-state index in [0.717, 1.165) is 37.1 Å². The lowest BCUT2D eigenvalue weighted by Crippen LogP contribution is -2.30. The molecule has 0 aliphatic carbocycles. The highest BCUT2D eigenvalue weighted by molar-refractivity contribution is 5.90. The quantitative estimate of drug-likeness (QED) is 0.626. The number of carbonyl (C=O) groups is 1. The van der Waals surface area contributed by atoms with Crippen LogP contribution in [-0.4, -0.2) is 32.3 Å². The number of anilines is 1. The minimum atomic E-state index is -0.333. The van der Waals surface area contributed by atoms with Crippen molar-refractivity contribution in [2.24, 2.45) is 0 Å². The number of nitrogens with zero attached hydrogens (tertiary/aromatic N) is 4. The van der Waals surface area contributed by atoms with Crippen molar-refractivity contribution in [2.45, 2.75) is 45.4 Å². The zero-order valence-electron chi connectivity index (χ0n) is 17.4. The van der Waals surface area contributed by atoms with Crippen LogP contribution in [0.3, 0.4) is 0 Å². The fraction of sp³-hybridized carbons (Fsp3) is 0.364. The molecule has 0 atom stereocenters. The van der Waals surface area contributed by atoms with Crippen molar-refractivity contribution >= 4 is 11.6 Å². The number of hydrogen-bond donors (Lipinski definition) is 1. The summed E-state index contributed by atoms with van der Waals surface area (Å²) in [6.07, 6.45) is 7.22. The van der Waals surface area contributed by atoms with Gasteiger partial charge in [0.2, 0.25) is 5.91 Å². The highest BCUT2D eigenvalue weighted by Gasteiger charge is 2.17. The van der Waals surface area contributed by atoms with Crippen molar-refractivity contribution < 1.29 is 14.3 Å². The average molecular weight is 423 g/mol. The van der Waals surface area contributed by atoms with Crippen LogP contribution in [0.15, 0.2) is 47.5 Å². The number of fused-ring (bicyclic) bond motifs is 1. The minimum absolute atomic E-state index is 0.141. The van der Waals surface area contributed by atoms with E-state index in [2.05, 4.69) is 15.4 Å². The molecule has 0 fully saturated rings. The lowest BCUT2D eigenvalue weighted by molar-refractivity contribution is -0.117. The number of nitrogens with one attached hydrogen (secondary N) is 1. The van der Waals surface area contributed by atoms with Gasteiger partial charge in [-0.1, -0.05) is 6.42 Å². The molecule has 2 aromatic heterocycles. The van der Waals surface area contributed by atoms with E-state index >= 15 is 0 Å². The number of aryl methyl sites for hydroxylation is 1. The molecule has 3 heterocycles. The van der Waals surface area contributed by atoms with Gasteiger partial charge < -0.3 is 14.8 Å². The van der Waals surface area contributed by atoms with Gasteiger partial charge in [-0.2, -0.15) is 5.10 Å². The molecule has 9 nitrogen and oxygen atoms in total. The lowest BCUT2D eigenvalue weighted by atomic mass is 10.2. The molecule has 0 saturated carbocycles. The second kappa shape index (κ2) is 9.46. The molecular weight excluding hydrogens is 398 g/mol. The molecule has 9 heteroatoms. The van der Waals surface area contributed by atoms with E-state index < -0.39 is 0 Å². The second-order valence-electron chi connectivity index (χ2n) is 7.38. The molecule has 4 rings (SSSR count). The summed E-state index contributed by atoms with van der Waals surface area (Å²) >= 11 is 0. The zero-order valence-corrected chi connectivity index (χ0v) is 17.4. The Balaban J connectivity index is 1.44. The maximum atomic E-state index is 12.6. The summed E-state index contributed by atoms with van der Waals surface area (Å²) in [6, 6.07) is 8.87. The first-order chi connectivity index (χ1) is 15.1. The predicted molar refractivity (Wildman–Crippen MR) is 114 cm³/mol. The van der Waals surface area contributed by atoms with Crippen LogP contribution in [0.4, 0.5) is 5.69 Å². The number of carbonyl (C=O) groups excluding carboxylic acids is 1. The SMILES string of the molecule is COc1ccc(NC(=O)Cn2nc3n(c2=O)CCCCC3)cc1OCc1ccncc1. The van der Waals surface area contributed by atoms with E-state index in [1.807, 2.05) is 12.1 Å². The molecule has 0 saturated heterocycles. The number of hydrogen-bond acceptors (Lipinski definition) is 6. The molecule has 1 aliphatic heterocycles. The van der Waals surface area contributed by atoms with Crippen molar-refractivity contribution in [1.29, 1.82) is 0 Å². The lowest BCUT2D eigenvalue weighted by Gasteiger charge is -2.13. The van der Waals surface area contributed by atoms with E-state index in [1.165, 1.54) is 4.68 Å². The van der Waals surface area contributed by atoms with Crippen molar-refractivity contribution in [1.82, 2.24) is 19.3 Å². The molecule has 31 heavy (non-hydrogen) atoms. The summed E-state index contributed by atoms with van der Waals surface area (Å²) in [5.41, 5.74) is 1.28. The molecule has 1 aromatic carbocycles. The Kier molecular flexibility index (Phi) is 6.30. The van der Waals surface area contributed by atoms with Crippen LogP contribution in [0.5, 0.6) is 11.5 Å². The molecule has 0 bridgehead atoms. The fourth-order valence-corrected chi connectivity index (χ4v) is 3.57. The largest absolute Gasteiger partial charge is 0.493 e. The Morgan fingerprint density at radius 1 is 1.13 bits per heavy atom. The number of ether oxygens (including phenoxy) is 2. The molecule has 0 radical (unpaired) electrons. The molecule has 1 aliphatic rings. The summed E-state index contributed by atoms with van der Waals surface area (Å²) in [5, 5.41) is 7.16. The van der Waals surface area contributed by atoms with Crippen molar-refractivity contribution in [3.63, 3.8) is 0 Å². The maximum Gasteiger partial charge on any atom is 0.346 e. The van der Waals surface area contributed by atoms with Crippen LogP contribution < -0.4 is 20.5 Å². The van der Waals surface area contributed by atoms with Gasteiger partial charge in [-0.25, -0.2) is 9.48 Å². The van der Waals surface area contributed by atoms with Gasteiger partial charge in [-0.3, -0.25) is 14.3 Å². The smallest absolute Gasteiger partial charge is 0.346 e. The number of rotatable bonds is 7. The normalized spacial score (nSPS) is 13.2. The molecule has 162 valence electrons. The third kappa shape index (κ3) is 4.93. The molecule has 3 aromatic rings. The van der Waals surface area contributed by atoms with Crippen LogP contribution in [0, 0.1) is 0 Å². The van der Waals surface area contributed by atoms with Crippen molar-refractivity contribution in [3.05, 3.63) is 64.6 Å². The standard InChI is InChI=1S/C22H25N5O4/c1-30-18-7-6-17(13-19(18)31-15-16-8-10-23-11-9-16)24-21(28)14-27-22(29)26-12-4-2-3-5-20(26)25-27/h6-11,13H,2-5,12,14-15H2,1H3,(H,24,28). The summed E-state index contributed by atoms with van der Waals surface area (Å²) in [7, 11) is 1.56. The highest BCUT2D eigenvalue weighted by Crippen LogP contribution is 2.31. The molecular formula is C22H25N5O4. The Labute approximate surface area is 179 Å². The highest BCUT2D eigenvalue weighted by atomic mass is 16.5. The van der Waals surface area contributed by atoms with Crippen LogP contribution in [0.1, 0.15) is 30.7 Å². The van der Waals surface area contributed by atoms with Gasteiger partial charge >= 0.3 is 5.69 Å². The number of aromatic nitrogens is 4. The number of pyridine rings is 1. The number of amides is 1. The van der Waals surface area contributed by atoms with Gasteiger partial charge in [0.05, 0.1) is 7.11 Å². The first kappa shape index (κ1) is 20.6. The van der Waals surface area contributed by atoms with Gasteiger partial charge in [-0.05, 0) is 42.7 Å². The minimum Gasteiger partial charge on any atom is -0.493 e. The van der Waals surface area contributed by atoms with Crippen LogP contribution in [0.25, 0.3) is 0 Å². The number of methoxy groups -OCH3 is 1. The fourth-order valence-electron chi connectivity index (χ4n) is 3.57. The average Bonchev–Trinajstić information content (AvgIpc) is 2.94. The van der Waals surface area contributed by atoms with E-state index in [-0.39, 0.29) is 18.1 Å². The van der Waals surface area contributed by atoms with Gasteiger partial charge in [0.15, 0.2) is 11.5 Å². The first-order valence-electron chi connectivity index (χ1n) is 10.3. The summed E-state index contributed by atoms with van der Waals surface area (Å²) in [4.78, 5) is 29.1. The Bertz CT molecular complexity index is 1110. The van der Waals surface area contributed by atoms with Gasteiger partial charge in [-0.15, -0.1) is 0 Å². The van der Waals surface area contributed by atoms with Gasteiger partial charge in [0.25, 0.3) is 0 Å². The third-order valence-corrected chi connectivity index (χ3v) is 5.17. The van der Waals surface area contributed by atoms with Crippen molar-refractivity contribution in [3.8, 4) is 11.5 Å². The monoisotopic (exact) mass is 423 g/mol. The zero-order chi connectivity index (χ0) is 21.6. The van der Waals surface area contributed by atoms with Crippen LogP contribution in [0.2, 0.25) is 0 Å². The van der Waals surface area contributed by atoms with E-state index in [4.69, 9.17) is 9.47 Å². The Morgan fingerprint density at radius 2 is 1.97 bits per heavy atom. The van der Waals surface area contributed by atoms with E-state index in [1.54, 1.807) is 42.3 Å².